The third-order valence-electron chi connectivity index (χ3n) is 5.25. The molecule has 2 heterocycles. The number of aromatic nitrogens is 1. The average Bonchev–Trinajstić information content (AvgIpc) is 3.07. The summed E-state index contributed by atoms with van der Waals surface area (Å²) >= 11 is 1.24. The van der Waals surface area contributed by atoms with E-state index in [1.54, 1.807) is 44.2 Å². The Labute approximate surface area is 200 Å². The average molecular weight is 479 g/mol. The number of esters is 1. The second-order valence-corrected chi connectivity index (χ2v) is 9.14. The number of nitrogens with zero attached hydrogens (tertiary/aromatic N) is 2. The molecule has 8 heteroatoms. The molecule has 1 atom stereocenters. The SMILES string of the molecule is CCOC(=O)C1=C(C)N=c2sc(=Cc3cccc(O)c3)c(=O)n2[C@H]1c1ccc(OC(C)C)cc1. The second-order valence-electron chi connectivity index (χ2n) is 8.13. The molecule has 0 unspecified atom stereocenters. The fourth-order valence-corrected chi connectivity index (χ4v) is 4.92. The Hall–Kier alpha value is -3.65. The lowest BCUT2D eigenvalue weighted by Gasteiger charge is -2.25. The fourth-order valence-electron chi connectivity index (χ4n) is 3.87. The molecule has 2 aromatic carbocycles. The van der Waals surface area contributed by atoms with E-state index < -0.39 is 12.0 Å². The van der Waals surface area contributed by atoms with Crippen LogP contribution in [0, 0.1) is 0 Å². The Balaban J connectivity index is 1.90. The number of phenolic OH excluding ortho intramolecular Hbond substituents is 1. The van der Waals surface area contributed by atoms with Crippen molar-refractivity contribution in [2.75, 3.05) is 6.61 Å². The smallest absolute Gasteiger partial charge is 0.338 e. The Kier molecular flexibility index (Phi) is 6.70. The zero-order chi connectivity index (χ0) is 24.4. The van der Waals surface area contributed by atoms with E-state index in [2.05, 4.69) is 4.99 Å². The van der Waals surface area contributed by atoms with E-state index in [4.69, 9.17) is 9.47 Å². The van der Waals surface area contributed by atoms with Gasteiger partial charge in [0.2, 0.25) is 0 Å². The van der Waals surface area contributed by atoms with Gasteiger partial charge in [0.1, 0.15) is 11.5 Å². The lowest BCUT2D eigenvalue weighted by molar-refractivity contribution is -0.139. The number of phenols is 1. The first-order valence-electron chi connectivity index (χ1n) is 11.0. The van der Waals surface area contributed by atoms with Crippen molar-refractivity contribution in [1.82, 2.24) is 4.57 Å². The summed E-state index contributed by atoms with van der Waals surface area (Å²) < 4.78 is 13.1. The largest absolute Gasteiger partial charge is 0.508 e. The van der Waals surface area contributed by atoms with Crippen molar-refractivity contribution in [1.29, 1.82) is 0 Å². The Morgan fingerprint density at radius 2 is 1.97 bits per heavy atom. The molecule has 1 aliphatic rings. The van der Waals surface area contributed by atoms with Crippen molar-refractivity contribution in [3.63, 3.8) is 0 Å². The van der Waals surface area contributed by atoms with Crippen LogP contribution < -0.4 is 19.6 Å². The van der Waals surface area contributed by atoms with Crippen LogP contribution in [-0.4, -0.2) is 28.4 Å². The third kappa shape index (κ3) is 4.68. The van der Waals surface area contributed by atoms with Gasteiger partial charge in [-0.15, -0.1) is 0 Å². The number of ether oxygens (including phenoxy) is 2. The number of aromatic hydroxyl groups is 1. The molecule has 0 amide bonds. The van der Waals surface area contributed by atoms with E-state index in [1.807, 2.05) is 38.1 Å². The van der Waals surface area contributed by atoms with E-state index >= 15 is 0 Å². The fraction of sp³-hybridized carbons (Fsp3) is 0.269. The lowest BCUT2D eigenvalue weighted by atomic mass is 9.96. The van der Waals surface area contributed by atoms with Crippen molar-refractivity contribution >= 4 is 23.4 Å². The number of allylic oxidation sites excluding steroid dienone is 1. The van der Waals surface area contributed by atoms with E-state index in [1.165, 1.54) is 15.9 Å². The van der Waals surface area contributed by atoms with Crippen LogP contribution in [0.1, 0.15) is 44.9 Å². The van der Waals surface area contributed by atoms with Crippen molar-refractivity contribution in [3.05, 3.63) is 90.6 Å². The highest BCUT2D eigenvalue weighted by molar-refractivity contribution is 7.07. The maximum absolute atomic E-state index is 13.6. The monoisotopic (exact) mass is 478 g/mol. The molecular weight excluding hydrogens is 452 g/mol. The molecule has 7 nitrogen and oxygen atoms in total. The summed E-state index contributed by atoms with van der Waals surface area (Å²) in [4.78, 5) is 31.6. The Bertz CT molecular complexity index is 1430. The molecule has 0 spiro atoms. The molecule has 0 fully saturated rings. The summed E-state index contributed by atoms with van der Waals surface area (Å²) in [7, 11) is 0. The predicted molar refractivity (Wildman–Crippen MR) is 131 cm³/mol. The molecule has 3 aromatic rings. The van der Waals surface area contributed by atoms with Crippen LogP contribution >= 0.6 is 11.3 Å². The molecular formula is C26H26N2O5S. The molecule has 0 saturated heterocycles. The summed E-state index contributed by atoms with van der Waals surface area (Å²) in [5.74, 6) is 0.315. The zero-order valence-electron chi connectivity index (χ0n) is 19.4. The third-order valence-corrected chi connectivity index (χ3v) is 6.24. The van der Waals surface area contributed by atoms with Gasteiger partial charge in [-0.3, -0.25) is 9.36 Å². The molecule has 1 aliphatic heterocycles. The normalized spacial score (nSPS) is 15.8. The molecule has 176 valence electrons. The van der Waals surface area contributed by atoms with E-state index in [0.717, 1.165) is 5.56 Å². The van der Waals surface area contributed by atoms with Gasteiger partial charge in [-0.1, -0.05) is 35.6 Å². The number of fused-ring (bicyclic) bond motifs is 1. The standard InChI is InChI=1S/C26H26N2O5S/c1-5-32-25(31)22-16(4)27-26-28(23(22)18-9-11-20(12-10-18)33-15(2)3)24(30)21(34-26)14-17-7-6-8-19(29)13-17/h6-15,23,29H,5H2,1-4H3/t23-/m0/s1. The first kappa shape index (κ1) is 23.5. The van der Waals surface area contributed by atoms with Gasteiger partial charge < -0.3 is 14.6 Å². The van der Waals surface area contributed by atoms with Crippen molar-refractivity contribution < 1.29 is 19.4 Å². The highest BCUT2D eigenvalue weighted by Crippen LogP contribution is 2.31. The van der Waals surface area contributed by atoms with Crippen LogP contribution in [0.15, 0.2) is 69.6 Å². The van der Waals surface area contributed by atoms with E-state index in [-0.39, 0.29) is 24.0 Å². The summed E-state index contributed by atoms with van der Waals surface area (Å²) in [6.45, 7) is 7.60. The molecule has 0 bridgehead atoms. The van der Waals surface area contributed by atoms with Gasteiger partial charge in [0.05, 0.1) is 34.6 Å². The maximum Gasteiger partial charge on any atom is 0.338 e. The number of carbonyl (C=O) groups is 1. The Morgan fingerprint density at radius 1 is 1.24 bits per heavy atom. The Morgan fingerprint density at radius 3 is 2.62 bits per heavy atom. The van der Waals surface area contributed by atoms with E-state index in [0.29, 0.717) is 31.9 Å². The topological polar surface area (TPSA) is 90.1 Å². The van der Waals surface area contributed by atoms with Gasteiger partial charge in [-0.2, -0.15) is 0 Å². The minimum absolute atomic E-state index is 0.0261. The highest BCUT2D eigenvalue weighted by Gasteiger charge is 2.33. The number of rotatable bonds is 6. The number of thiazole rings is 1. The second kappa shape index (κ2) is 9.69. The van der Waals surface area contributed by atoms with Crippen LogP contribution in [-0.2, 0) is 9.53 Å². The molecule has 0 saturated carbocycles. The van der Waals surface area contributed by atoms with Gasteiger partial charge in [0.15, 0.2) is 4.80 Å². The van der Waals surface area contributed by atoms with Crippen molar-refractivity contribution in [2.24, 2.45) is 4.99 Å². The maximum atomic E-state index is 13.6. The molecule has 1 aromatic heterocycles. The minimum Gasteiger partial charge on any atom is -0.508 e. The number of hydrogen-bond acceptors (Lipinski definition) is 7. The van der Waals surface area contributed by atoms with Gasteiger partial charge in [0.25, 0.3) is 5.56 Å². The quantitative estimate of drug-likeness (QED) is 0.549. The molecule has 1 N–H and O–H groups in total. The molecule has 34 heavy (non-hydrogen) atoms. The van der Waals surface area contributed by atoms with Gasteiger partial charge in [0, 0.05) is 0 Å². The summed E-state index contributed by atoms with van der Waals surface area (Å²) in [5.41, 5.74) is 2.01. The number of hydrogen-bond donors (Lipinski definition) is 1. The lowest BCUT2D eigenvalue weighted by Crippen LogP contribution is -2.39. The van der Waals surface area contributed by atoms with Crippen LogP contribution in [0.3, 0.4) is 0 Å². The van der Waals surface area contributed by atoms with Gasteiger partial charge in [-0.05, 0) is 69.2 Å². The minimum atomic E-state index is -0.685. The van der Waals surface area contributed by atoms with Crippen LogP contribution in [0.5, 0.6) is 11.5 Å². The number of carbonyl (C=O) groups excluding carboxylic acids is 1. The highest BCUT2D eigenvalue weighted by atomic mass is 32.1. The van der Waals surface area contributed by atoms with Gasteiger partial charge >= 0.3 is 5.97 Å². The molecule has 0 aliphatic carbocycles. The first-order chi connectivity index (χ1) is 16.3. The summed E-state index contributed by atoms with van der Waals surface area (Å²) in [5, 5.41) is 9.78. The van der Waals surface area contributed by atoms with E-state index in [9.17, 15) is 14.7 Å². The number of benzene rings is 2. The summed E-state index contributed by atoms with van der Waals surface area (Å²) in [6.07, 6.45) is 1.74. The van der Waals surface area contributed by atoms with Crippen LogP contribution in [0.2, 0.25) is 0 Å². The van der Waals surface area contributed by atoms with Crippen molar-refractivity contribution in [3.8, 4) is 11.5 Å². The first-order valence-corrected chi connectivity index (χ1v) is 11.9. The molecule has 4 rings (SSSR count). The zero-order valence-corrected chi connectivity index (χ0v) is 20.3. The van der Waals surface area contributed by atoms with Crippen LogP contribution in [0.4, 0.5) is 0 Å². The van der Waals surface area contributed by atoms with Crippen molar-refractivity contribution in [2.45, 2.75) is 39.8 Å². The van der Waals surface area contributed by atoms with Crippen LogP contribution in [0.25, 0.3) is 6.08 Å². The predicted octanol–water partition coefficient (Wildman–Crippen LogP) is 3.29. The summed E-state index contributed by atoms with van der Waals surface area (Å²) in [6, 6.07) is 13.3. The molecule has 0 radical (unpaired) electrons. The van der Waals surface area contributed by atoms with Gasteiger partial charge in [-0.25, -0.2) is 9.79 Å².